The molecule has 0 aliphatic rings. The summed E-state index contributed by atoms with van der Waals surface area (Å²) in [5.41, 5.74) is 6.43. The number of hydrogen-bond donors (Lipinski definition) is 1. The second kappa shape index (κ2) is 5.41. The highest BCUT2D eigenvalue weighted by Crippen LogP contribution is 2.20. The van der Waals surface area contributed by atoms with E-state index in [2.05, 4.69) is 19.9 Å². The van der Waals surface area contributed by atoms with Gasteiger partial charge in [0.25, 0.3) is 5.19 Å². The second-order valence-electron chi connectivity index (χ2n) is 3.22. The van der Waals surface area contributed by atoms with Gasteiger partial charge in [-0.2, -0.15) is 0 Å². The number of esters is 1. The Morgan fingerprint density at radius 3 is 3.00 bits per heavy atom. The van der Waals surface area contributed by atoms with E-state index in [0.29, 0.717) is 21.6 Å². The number of hydrogen-bond acceptors (Lipinski definition) is 8. The van der Waals surface area contributed by atoms with E-state index in [0.717, 1.165) is 11.3 Å². The summed E-state index contributed by atoms with van der Waals surface area (Å²) in [6.45, 7) is 0.180. The van der Waals surface area contributed by atoms with Gasteiger partial charge in [-0.1, -0.05) is 5.10 Å². The van der Waals surface area contributed by atoms with E-state index in [9.17, 15) is 4.79 Å². The van der Waals surface area contributed by atoms with Gasteiger partial charge in [0.2, 0.25) is 5.13 Å². The zero-order valence-electron chi connectivity index (χ0n) is 9.49. The maximum atomic E-state index is 11.3. The summed E-state index contributed by atoms with van der Waals surface area (Å²) in [5, 5.41) is 8.01. The van der Waals surface area contributed by atoms with Crippen LogP contribution < -0.4 is 10.5 Å². The molecule has 2 rings (SSSR count). The average Bonchev–Trinajstić information content (AvgIpc) is 2.81. The van der Waals surface area contributed by atoms with E-state index < -0.39 is 5.97 Å². The van der Waals surface area contributed by atoms with Gasteiger partial charge in [-0.3, -0.25) is 4.98 Å². The molecule has 7 nitrogen and oxygen atoms in total. The Balaban J connectivity index is 2.03. The molecule has 0 unspecified atom stereocenters. The summed E-state index contributed by atoms with van der Waals surface area (Å²) in [6.07, 6.45) is 1.51. The summed E-state index contributed by atoms with van der Waals surface area (Å²) in [6, 6.07) is 3.16. The maximum Gasteiger partial charge on any atom is 0.337 e. The predicted molar refractivity (Wildman–Crippen MR) is 64.2 cm³/mol. The van der Waals surface area contributed by atoms with Crippen molar-refractivity contribution in [3.8, 4) is 5.19 Å². The molecule has 0 saturated heterocycles. The lowest BCUT2D eigenvalue weighted by Gasteiger charge is -2.03. The number of carbonyl (C=O) groups excluding carboxylic acids is 1. The molecular formula is C10H10N4O3S. The highest BCUT2D eigenvalue weighted by Gasteiger charge is 2.08. The third kappa shape index (κ3) is 2.92. The Bertz CT molecular complexity index is 558. The fourth-order valence-electron chi connectivity index (χ4n) is 1.22. The van der Waals surface area contributed by atoms with Crippen molar-refractivity contribution in [1.82, 2.24) is 15.2 Å². The molecule has 0 amide bonds. The Morgan fingerprint density at radius 1 is 1.50 bits per heavy atom. The van der Waals surface area contributed by atoms with Gasteiger partial charge in [0.1, 0.15) is 6.61 Å². The van der Waals surface area contributed by atoms with Crippen LogP contribution in [-0.2, 0) is 11.3 Å². The van der Waals surface area contributed by atoms with Crippen molar-refractivity contribution in [2.45, 2.75) is 6.61 Å². The summed E-state index contributed by atoms with van der Waals surface area (Å²) in [5.74, 6) is -0.418. The smallest absolute Gasteiger partial charge is 0.337 e. The van der Waals surface area contributed by atoms with Crippen molar-refractivity contribution in [2.24, 2.45) is 0 Å². The van der Waals surface area contributed by atoms with Gasteiger partial charge in [-0.25, -0.2) is 4.79 Å². The van der Waals surface area contributed by atoms with Gasteiger partial charge < -0.3 is 15.2 Å². The monoisotopic (exact) mass is 266 g/mol. The molecule has 2 aromatic heterocycles. The molecule has 0 aliphatic carbocycles. The van der Waals surface area contributed by atoms with Crippen LogP contribution >= 0.6 is 11.3 Å². The Hall–Kier alpha value is -2.22. The van der Waals surface area contributed by atoms with Gasteiger partial charge in [-0.05, 0) is 23.5 Å². The lowest BCUT2D eigenvalue weighted by Crippen LogP contribution is -2.04. The molecule has 2 N–H and O–H groups in total. The molecule has 94 valence electrons. The third-order valence-electron chi connectivity index (χ3n) is 2.00. The van der Waals surface area contributed by atoms with Crippen LogP contribution in [-0.4, -0.2) is 28.3 Å². The molecule has 8 heteroatoms. The van der Waals surface area contributed by atoms with Gasteiger partial charge in [0.05, 0.1) is 18.4 Å². The van der Waals surface area contributed by atoms with Crippen LogP contribution in [0.25, 0.3) is 0 Å². The van der Waals surface area contributed by atoms with Crippen molar-refractivity contribution in [3.63, 3.8) is 0 Å². The van der Waals surface area contributed by atoms with Crippen molar-refractivity contribution >= 4 is 22.4 Å². The Morgan fingerprint density at radius 2 is 2.33 bits per heavy atom. The molecule has 2 heterocycles. The Labute approximate surface area is 107 Å². The third-order valence-corrected chi connectivity index (χ3v) is 2.67. The molecular weight excluding hydrogens is 256 g/mol. The van der Waals surface area contributed by atoms with Crippen LogP contribution in [0.4, 0.5) is 5.13 Å². The minimum atomic E-state index is -0.418. The number of nitrogens with two attached hydrogens (primary N) is 1. The van der Waals surface area contributed by atoms with Gasteiger partial charge in [-0.15, -0.1) is 5.10 Å². The summed E-state index contributed by atoms with van der Waals surface area (Å²) in [4.78, 5) is 15.4. The number of methoxy groups -OCH3 is 1. The number of ether oxygens (including phenoxy) is 2. The van der Waals surface area contributed by atoms with Gasteiger partial charge >= 0.3 is 5.97 Å². The van der Waals surface area contributed by atoms with Gasteiger partial charge in [0, 0.05) is 6.20 Å². The lowest BCUT2D eigenvalue weighted by molar-refractivity contribution is 0.0600. The molecule has 0 bridgehead atoms. The summed E-state index contributed by atoms with van der Waals surface area (Å²) in [7, 11) is 1.32. The first kappa shape index (κ1) is 12.2. The van der Waals surface area contributed by atoms with E-state index in [-0.39, 0.29) is 6.61 Å². The molecule has 0 aromatic carbocycles. The first-order valence-electron chi connectivity index (χ1n) is 4.94. The molecule has 0 fully saturated rings. The van der Waals surface area contributed by atoms with Crippen LogP contribution in [0, 0.1) is 0 Å². The minimum absolute atomic E-state index is 0.180. The number of nitrogen functional groups attached to an aromatic ring is 1. The highest BCUT2D eigenvalue weighted by molar-refractivity contribution is 7.16. The number of anilines is 1. The van der Waals surface area contributed by atoms with Crippen molar-refractivity contribution in [3.05, 3.63) is 29.6 Å². The topological polar surface area (TPSA) is 100 Å². The van der Waals surface area contributed by atoms with E-state index in [4.69, 9.17) is 10.5 Å². The molecule has 0 aliphatic heterocycles. The largest absolute Gasteiger partial charge is 0.465 e. The van der Waals surface area contributed by atoms with Crippen LogP contribution in [0.1, 0.15) is 16.1 Å². The van der Waals surface area contributed by atoms with E-state index in [1.807, 2.05) is 0 Å². The SMILES string of the molecule is COC(=O)c1ccnc(COc2nnc(N)s2)c1. The molecule has 2 aromatic rings. The van der Waals surface area contributed by atoms with Crippen LogP contribution in [0.2, 0.25) is 0 Å². The van der Waals surface area contributed by atoms with E-state index in [1.54, 1.807) is 12.1 Å². The average molecular weight is 266 g/mol. The van der Waals surface area contributed by atoms with Crippen LogP contribution in [0.15, 0.2) is 18.3 Å². The normalized spacial score (nSPS) is 10.1. The summed E-state index contributed by atoms with van der Waals surface area (Å²) >= 11 is 1.14. The van der Waals surface area contributed by atoms with E-state index in [1.165, 1.54) is 13.3 Å². The molecule has 0 saturated carbocycles. The zero-order valence-corrected chi connectivity index (χ0v) is 10.3. The lowest BCUT2D eigenvalue weighted by atomic mass is 10.2. The highest BCUT2D eigenvalue weighted by atomic mass is 32.1. The van der Waals surface area contributed by atoms with Gasteiger partial charge in [0.15, 0.2) is 0 Å². The number of rotatable bonds is 4. The number of aromatic nitrogens is 3. The van der Waals surface area contributed by atoms with Crippen molar-refractivity contribution in [2.75, 3.05) is 12.8 Å². The van der Waals surface area contributed by atoms with Crippen LogP contribution in [0.3, 0.4) is 0 Å². The molecule has 18 heavy (non-hydrogen) atoms. The van der Waals surface area contributed by atoms with E-state index >= 15 is 0 Å². The molecule has 0 radical (unpaired) electrons. The second-order valence-corrected chi connectivity index (χ2v) is 4.19. The first-order chi connectivity index (χ1) is 8.69. The van der Waals surface area contributed by atoms with Crippen molar-refractivity contribution in [1.29, 1.82) is 0 Å². The van der Waals surface area contributed by atoms with Crippen molar-refractivity contribution < 1.29 is 14.3 Å². The zero-order chi connectivity index (χ0) is 13.0. The molecule has 0 atom stereocenters. The van der Waals surface area contributed by atoms with Crippen LogP contribution in [0.5, 0.6) is 5.19 Å². The number of carbonyl (C=O) groups is 1. The number of pyridine rings is 1. The summed E-state index contributed by atoms with van der Waals surface area (Å²) < 4.78 is 9.94. The minimum Gasteiger partial charge on any atom is -0.465 e. The fraction of sp³-hybridized carbons (Fsp3) is 0.200. The molecule has 0 spiro atoms. The Kier molecular flexibility index (Phi) is 3.68. The quantitative estimate of drug-likeness (QED) is 0.820. The fourth-order valence-corrected chi connectivity index (χ4v) is 1.68. The predicted octanol–water partition coefficient (Wildman–Crippen LogP) is 0.881. The maximum absolute atomic E-state index is 11.3. The standard InChI is InChI=1S/C10H10N4O3S/c1-16-8(15)6-2-3-12-7(4-6)5-17-10-14-13-9(11)18-10/h2-4H,5H2,1H3,(H2,11,13). The number of nitrogens with zero attached hydrogens (tertiary/aromatic N) is 3. The first-order valence-corrected chi connectivity index (χ1v) is 5.75.